The van der Waals surface area contributed by atoms with Gasteiger partial charge in [0.2, 0.25) is 17.7 Å². The summed E-state index contributed by atoms with van der Waals surface area (Å²) in [5, 5.41) is 8.02. The van der Waals surface area contributed by atoms with Crippen molar-refractivity contribution in [3.8, 4) is 0 Å². The van der Waals surface area contributed by atoms with Crippen LogP contribution >= 0.6 is 0 Å². The molecule has 0 fully saturated rings. The number of ether oxygens (including phenoxy) is 12. The smallest absolute Gasteiger partial charge is 0.246 e. The van der Waals surface area contributed by atoms with Crippen LogP contribution in [0, 0.1) is 0 Å². The minimum absolute atomic E-state index is 0.0787. The van der Waals surface area contributed by atoms with Crippen molar-refractivity contribution in [2.45, 2.75) is 25.3 Å². The summed E-state index contributed by atoms with van der Waals surface area (Å²) in [5.74, 6) is -0.948. The van der Waals surface area contributed by atoms with E-state index in [0.717, 1.165) is 0 Å². The van der Waals surface area contributed by atoms with Crippen LogP contribution in [0.25, 0.3) is 0 Å². The number of amides is 3. The van der Waals surface area contributed by atoms with E-state index in [-0.39, 0.29) is 38.2 Å². The van der Waals surface area contributed by atoms with Crippen LogP contribution in [0.1, 0.15) is 19.3 Å². The van der Waals surface area contributed by atoms with E-state index in [4.69, 9.17) is 56.8 Å². The third kappa shape index (κ3) is 37.5. The minimum Gasteiger partial charge on any atom is -0.382 e. The zero-order chi connectivity index (χ0) is 37.3. The summed E-state index contributed by atoms with van der Waals surface area (Å²) < 4.78 is 63.5. The molecule has 0 bridgehead atoms. The first-order valence-electron chi connectivity index (χ1n) is 17.6. The van der Waals surface area contributed by atoms with Crippen LogP contribution in [-0.4, -0.2) is 197 Å². The number of likely N-dealkylation sites (N-methyl/N-ethyl adjacent to an activating group) is 1. The number of unbranched alkanes of at least 4 members (excludes halogenated alkanes) is 1. The highest BCUT2D eigenvalue weighted by molar-refractivity contribution is 5.87. The molecule has 18 nitrogen and oxygen atoms in total. The van der Waals surface area contributed by atoms with Gasteiger partial charge in [-0.1, -0.05) is 0 Å². The Morgan fingerprint density at radius 2 is 0.784 bits per heavy atom. The van der Waals surface area contributed by atoms with Crippen LogP contribution < -0.4 is 16.0 Å². The van der Waals surface area contributed by atoms with E-state index >= 15 is 0 Å². The Morgan fingerprint density at radius 3 is 1.14 bits per heavy atom. The summed E-state index contributed by atoms with van der Waals surface area (Å²) in [4.78, 5) is 36.5. The molecule has 0 aromatic rings. The molecular formula is C33H65N3O15. The van der Waals surface area contributed by atoms with E-state index in [1.54, 1.807) is 14.2 Å². The van der Waals surface area contributed by atoms with Gasteiger partial charge in [0.15, 0.2) is 0 Å². The van der Waals surface area contributed by atoms with Gasteiger partial charge in [0.05, 0.1) is 132 Å². The quantitative estimate of drug-likeness (QED) is 0.0642. The molecule has 0 saturated heterocycles. The van der Waals surface area contributed by atoms with Crippen LogP contribution in [-0.2, 0) is 71.2 Å². The van der Waals surface area contributed by atoms with Gasteiger partial charge < -0.3 is 72.8 Å². The second-order valence-electron chi connectivity index (χ2n) is 10.6. The van der Waals surface area contributed by atoms with Crippen LogP contribution in [0.5, 0.6) is 0 Å². The third-order valence-corrected chi connectivity index (χ3v) is 6.45. The maximum absolute atomic E-state index is 12.3. The number of hydrogen-bond donors (Lipinski definition) is 3. The van der Waals surface area contributed by atoms with Gasteiger partial charge in [-0.15, -0.1) is 0 Å². The first-order valence-corrected chi connectivity index (χ1v) is 17.6. The molecule has 0 aliphatic heterocycles. The highest BCUT2D eigenvalue weighted by atomic mass is 16.6. The molecule has 0 aliphatic rings. The molecule has 302 valence electrons. The fourth-order valence-corrected chi connectivity index (χ4v) is 3.80. The van der Waals surface area contributed by atoms with Gasteiger partial charge in [-0.3, -0.25) is 14.4 Å². The van der Waals surface area contributed by atoms with E-state index in [9.17, 15) is 14.4 Å². The number of methoxy groups -OCH3 is 2. The fourth-order valence-electron chi connectivity index (χ4n) is 3.80. The average Bonchev–Trinajstić information content (AvgIpc) is 3.13. The zero-order valence-corrected chi connectivity index (χ0v) is 31.1. The van der Waals surface area contributed by atoms with Gasteiger partial charge in [0, 0.05) is 27.8 Å². The molecule has 3 amide bonds. The van der Waals surface area contributed by atoms with E-state index in [2.05, 4.69) is 16.0 Å². The van der Waals surface area contributed by atoms with E-state index < -0.39 is 11.9 Å². The molecule has 1 atom stereocenters. The van der Waals surface area contributed by atoms with Crippen LogP contribution in [0.15, 0.2) is 0 Å². The van der Waals surface area contributed by atoms with Crippen molar-refractivity contribution in [1.29, 1.82) is 0 Å². The maximum atomic E-state index is 12.3. The molecule has 18 heteroatoms. The molecular weight excluding hydrogens is 678 g/mol. The summed E-state index contributed by atoms with van der Waals surface area (Å²) in [6, 6.07) is -0.708. The monoisotopic (exact) mass is 743 g/mol. The van der Waals surface area contributed by atoms with Gasteiger partial charge in [-0.25, -0.2) is 0 Å². The Kier molecular flexibility index (Phi) is 39.0. The normalized spacial score (nSPS) is 11.8. The topological polar surface area (TPSA) is 198 Å². The van der Waals surface area contributed by atoms with Gasteiger partial charge in [0.25, 0.3) is 0 Å². The molecule has 0 aromatic heterocycles. The molecule has 0 radical (unpaired) electrons. The molecule has 0 spiro atoms. The number of carbonyl (C=O) groups is 3. The first-order chi connectivity index (χ1) is 25.0. The Labute approximate surface area is 303 Å². The lowest BCUT2D eigenvalue weighted by atomic mass is 10.1. The van der Waals surface area contributed by atoms with Crippen molar-refractivity contribution in [1.82, 2.24) is 16.0 Å². The standard InChI is InChI=1S/C33H65N3O15/c1-34-33(39)30(36-32(38)29-51-27-25-49-23-21-47-19-17-45-15-13-43-11-9-41-3)6-4-5-7-35-31(37)28-50-26-24-48-22-20-46-18-16-44-14-12-42-10-8-40-2/h30H,4-29H2,1-3H3,(H,34,39)(H,35,37)(H,36,38)/t30-/m0/s1. The molecule has 51 heavy (non-hydrogen) atoms. The third-order valence-electron chi connectivity index (χ3n) is 6.45. The molecule has 0 aliphatic carbocycles. The van der Waals surface area contributed by atoms with Gasteiger partial charge in [-0.05, 0) is 19.3 Å². The van der Waals surface area contributed by atoms with Gasteiger partial charge in [-0.2, -0.15) is 0 Å². The fraction of sp³-hybridized carbons (Fsp3) is 0.909. The first kappa shape index (κ1) is 48.9. The van der Waals surface area contributed by atoms with Crippen molar-refractivity contribution in [3.05, 3.63) is 0 Å². The van der Waals surface area contributed by atoms with Gasteiger partial charge in [0.1, 0.15) is 19.3 Å². The Balaban J connectivity index is 3.65. The van der Waals surface area contributed by atoms with Crippen molar-refractivity contribution >= 4 is 17.7 Å². The lowest BCUT2D eigenvalue weighted by Gasteiger charge is -2.17. The Hall–Kier alpha value is -2.07. The van der Waals surface area contributed by atoms with Gasteiger partial charge >= 0.3 is 0 Å². The molecule has 0 rings (SSSR count). The van der Waals surface area contributed by atoms with Crippen LogP contribution in [0.2, 0.25) is 0 Å². The summed E-state index contributed by atoms with van der Waals surface area (Å²) in [5.41, 5.74) is 0. The van der Waals surface area contributed by atoms with Crippen LogP contribution in [0.3, 0.4) is 0 Å². The van der Waals surface area contributed by atoms with Crippen LogP contribution in [0.4, 0.5) is 0 Å². The summed E-state index contributed by atoms with van der Waals surface area (Å²) in [6.45, 7) is 9.07. The number of rotatable bonds is 41. The molecule has 0 heterocycles. The number of nitrogens with one attached hydrogen (secondary N) is 3. The molecule has 0 saturated carbocycles. The number of carbonyl (C=O) groups excluding carboxylic acids is 3. The zero-order valence-electron chi connectivity index (χ0n) is 31.1. The van der Waals surface area contributed by atoms with E-state index in [0.29, 0.717) is 145 Å². The highest BCUT2D eigenvalue weighted by Crippen LogP contribution is 2.01. The maximum Gasteiger partial charge on any atom is 0.246 e. The Morgan fingerprint density at radius 1 is 0.451 bits per heavy atom. The SMILES string of the molecule is CNC(=O)[C@H](CCCCNC(=O)COCCOCCOCCOCCOCCOC)NC(=O)COCCOCCOCCOCCOCCOC. The molecule has 0 aromatic carbocycles. The second kappa shape index (κ2) is 40.7. The highest BCUT2D eigenvalue weighted by Gasteiger charge is 2.19. The lowest BCUT2D eigenvalue weighted by molar-refractivity contribution is -0.131. The van der Waals surface area contributed by atoms with Crippen molar-refractivity contribution in [2.75, 3.05) is 173 Å². The molecule has 0 unspecified atom stereocenters. The lowest BCUT2D eigenvalue weighted by Crippen LogP contribution is -2.47. The summed E-state index contributed by atoms with van der Waals surface area (Å²) in [7, 11) is 4.76. The summed E-state index contributed by atoms with van der Waals surface area (Å²) >= 11 is 0. The van der Waals surface area contributed by atoms with E-state index in [1.165, 1.54) is 7.05 Å². The predicted molar refractivity (Wildman–Crippen MR) is 185 cm³/mol. The Bertz CT molecular complexity index is 786. The van der Waals surface area contributed by atoms with Crippen molar-refractivity contribution in [2.24, 2.45) is 0 Å². The molecule has 3 N–H and O–H groups in total. The van der Waals surface area contributed by atoms with Crippen molar-refractivity contribution < 1.29 is 71.2 Å². The number of hydrogen-bond acceptors (Lipinski definition) is 15. The minimum atomic E-state index is -0.708. The largest absolute Gasteiger partial charge is 0.382 e. The summed E-state index contributed by atoms with van der Waals surface area (Å²) in [6.07, 6.45) is 1.64. The van der Waals surface area contributed by atoms with Crippen molar-refractivity contribution in [3.63, 3.8) is 0 Å². The predicted octanol–water partition coefficient (Wildman–Crippen LogP) is -1.04. The average molecular weight is 744 g/mol. The second-order valence-corrected chi connectivity index (χ2v) is 10.6. The van der Waals surface area contributed by atoms with E-state index in [1.807, 2.05) is 0 Å².